The van der Waals surface area contributed by atoms with Gasteiger partial charge >= 0.3 is 0 Å². The zero-order valence-corrected chi connectivity index (χ0v) is 18.2. The fourth-order valence-corrected chi connectivity index (χ4v) is 2.39. The first kappa shape index (κ1) is 23.1. The van der Waals surface area contributed by atoms with Gasteiger partial charge in [-0.3, -0.25) is 4.98 Å². The van der Waals surface area contributed by atoms with Crippen LogP contribution in [0.5, 0.6) is 5.75 Å². The largest absolute Gasteiger partial charge is 0.488 e. The molecule has 0 bridgehead atoms. The van der Waals surface area contributed by atoms with Crippen LogP contribution in [0.4, 0.5) is 4.39 Å². The first-order valence-electron chi connectivity index (χ1n) is 9.04. The van der Waals surface area contributed by atoms with Crippen molar-refractivity contribution in [3.05, 3.63) is 60.2 Å². The van der Waals surface area contributed by atoms with Crippen LogP contribution in [0.15, 0.2) is 53.8 Å². The van der Waals surface area contributed by atoms with Gasteiger partial charge < -0.3 is 15.4 Å². The maximum atomic E-state index is 13.3. The van der Waals surface area contributed by atoms with Crippen LogP contribution in [0.1, 0.15) is 25.8 Å². The van der Waals surface area contributed by atoms with Crippen LogP contribution < -0.4 is 15.4 Å². The van der Waals surface area contributed by atoms with Crippen molar-refractivity contribution in [1.29, 1.82) is 0 Å². The fraction of sp³-hybridized carbons (Fsp3) is 0.400. The van der Waals surface area contributed by atoms with Crippen molar-refractivity contribution in [3.8, 4) is 5.75 Å². The minimum absolute atomic E-state index is 0. The minimum atomic E-state index is -0.300. The van der Waals surface area contributed by atoms with E-state index < -0.39 is 0 Å². The monoisotopic (exact) mass is 486 g/mol. The number of guanidine groups is 1. The van der Waals surface area contributed by atoms with E-state index in [2.05, 4.69) is 26.7 Å². The molecule has 148 valence electrons. The van der Waals surface area contributed by atoms with Crippen LogP contribution in [0.25, 0.3) is 0 Å². The molecule has 0 amide bonds. The summed E-state index contributed by atoms with van der Waals surface area (Å²) in [7, 11) is 0. The number of hydrogen-bond acceptors (Lipinski definition) is 3. The maximum Gasteiger partial charge on any atom is 0.191 e. The maximum absolute atomic E-state index is 13.3. The number of pyridine rings is 1. The Bertz CT molecular complexity index is 685. The Kier molecular flexibility index (Phi) is 11.4. The number of rotatable bonds is 9. The molecular weight excluding hydrogens is 458 g/mol. The quantitative estimate of drug-likeness (QED) is 0.322. The van der Waals surface area contributed by atoms with Crippen LogP contribution in [0.3, 0.4) is 0 Å². The van der Waals surface area contributed by atoms with Crippen LogP contribution >= 0.6 is 24.0 Å². The molecule has 0 saturated carbocycles. The second-order valence-corrected chi connectivity index (χ2v) is 5.86. The van der Waals surface area contributed by atoms with Crippen LogP contribution in [-0.4, -0.2) is 36.7 Å². The summed E-state index contributed by atoms with van der Waals surface area (Å²) in [5.74, 6) is 0.977. The lowest BCUT2D eigenvalue weighted by Crippen LogP contribution is -2.39. The molecule has 0 aliphatic heterocycles. The zero-order chi connectivity index (χ0) is 18.6. The van der Waals surface area contributed by atoms with Crippen molar-refractivity contribution in [2.45, 2.75) is 32.8 Å². The third-order valence-corrected chi connectivity index (χ3v) is 3.78. The van der Waals surface area contributed by atoms with Crippen molar-refractivity contribution in [2.24, 2.45) is 4.99 Å². The van der Waals surface area contributed by atoms with E-state index in [1.807, 2.05) is 26.1 Å². The highest BCUT2D eigenvalue weighted by Gasteiger charge is 2.09. The second-order valence-electron chi connectivity index (χ2n) is 5.86. The van der Waals surface area contributed by atoms with Gasteiger partial charge in [0.2, 0.25) is 0 Å². The van der Waals surface area contributed by atoms with Gasteiger partial charge in [-0.05, 0) is 43.5 Å². The molecule has 1 heterocycles. The molecule has 0 saturated heterocycles. The standard InChI is InChI=1S/C20H27FN4O.HI/c1-3-18(26-19-9-5-8-17(21)13-19)15-25-20(23-4-2)24-12-10-16-7-6-11-22-14-16;/h5-9,11,13-14,18H,3-4,10,12,15H2,1-2H3,(H2,23,24,25);1H. The number of hydrogen-bond donors (Lipinski definition) is 2. The van der Waals surface area contributed by atoms with Gasteiger partial charge in [-0.2, -0.15) is 0 Å². The highest BCUT2D eigenvalue weighted by Crippen LogP contribution is 2.15. The van der Waals surface area contributed by atoms with Gasteiger partial charge in [0.1, 0.15) is 17.7 Å². The molecule has 1 aromatic carbocycles. The van der Waals surface area contributed by atoms with Gasteiger partial charge in [-0.25, -0.2) is 9.38 Å². The summed E-state index contributed by atoms with van der Waals surface area (Å²) in [4.78, 5) is 8.71. The molecule has 1 unspecified atom stereocenters. The van der Waals surface area contributed by atoms with Crippen molar-refractivity contribution < 1.29 is 9.13 Å². The van der Waals surface area contributed by atoms with Gasteiger partial charge in [-0.15, -0.1) is 24.0 Å². The zero-order valence-electron chi connectivity index (χ0n) is 15.8. The molecule has 2 aromatic rings. The number of benzene rings is 1. The smallest absolute Gasteiger partial charge is 0.191 e. The Morgan fingerprint density at radius 1 is 1.22 bits per heavy atom. The molecule has 0 fully saturated rings. The topological polar surface area (TPSA) is 58.5 Å². The molecule has 1 aromatic heterocycles. The van der Waals surface area contributed by atoms with Crippen LogP contribution in [-0.2, 0) is 6.42 Å². The third-order valence-electron chi connectivity index (χ3n) is 3.78. The lowest BCUT2D eigenvalue weighted by Gasteiger charge is -2.17. The second kappa shape index (κ2) is 13.3. The summed E-state index contributed by atoms with van der Waals surface area (Å²) < 4.78 is 19.1. The summed E-state index contributed by atoms with van der Waals surface area (Å²) in [5, 5.41) is 6.55. The van der Waals surface area contributed by atoms with Gasteiger partial charge in [-0.1, -0.05) is 19.1 Å². The highest BCUT2D eigenvalue weighted by molar-refractivity contribution is 14.0. The van der Waals surface area contributed by atoms with Gasteiger partial charge in [0, 0.05) is 31.5 Å². The Morgan fingerprint density at radius 2 is 2.07 bits per heavy atom. The highest BCUT2D eigenvalue weighted by atomic mass is 127. The third kappa shape index (κ3) is 9.03. The van der Waals surface area contributed by atoms with Crippen molar-refractivity contribution in [1.82, 2.24) is 15.6 Å². The summed E-state index contributed by atoms with van der Waals surface area (Å²) in [6.07, 6.45) is 5.19. The number of ether oxygens (including phenoxy) is 1. The van der Waals surface area contributed by atoms with E-state index in [4.69, 9.17) is 4.74 Å². The molecule has 0 radical (unpaired) electrons. The minimum Gasteiger partial charge on any atom is -0.488 e. The summed E-state index contributed by atoms with van der Waals surface area (Å²) in [6.45, 7) is 6.09. The van der Waals surface area contributed by atoms with E-state index in [1.54, 1.807) is 18.3 Å². The molecule has 7 heteroatoms. The molecular formula is C20H28FIN4O. The Labute approximate surface area is 177 Å². The molecule has 2 rings (SSSR count). The average molecular weight is 486 g/mol. The Morgan fingerprint density at radius 3 is 2.74 bits per heavy atom. The average Bonchev–Trinajstić information content (AvgIpc) is 2.66. The van der Waals surface area contributed by atoms with Gasteiger partial charge in [0.05, 0.1) is 6.54 Å². The predicted molar refractivity (Wildman–Crippen MR) is 118 cm³/mol. The van der Waals surface area contributed by atoms with Gasteiger partial charge in [0.25, 0.3) is 0 Å². The van der Waals surface area contributed by atoms with E-state index in [0.29, 0.717) is 12.3 Å². The number of nitrogens with zero attached hydrogens (tertiary/aromatic N) is 2. The first-order valence-corrected chi connectivity index (χ1v) is 9.04. The van der Waals surface area contributed by atoms with Crippen molar-refractivity contribution >= 4 is 29.9 Å². The van der Waals surface area contributed by atoms with E-state index in [-0.39, 0.29) is 35.9 Å². The molecule has 1 atom stereocenters. The summed E-state index contributed by atoms with van der Waals surface area (Å²) >= 11 is 0. The Balaban J connectivity index is 0.00000364. The molecule has 0 spiro atoms. The Hall–Kier alpha value is -1.90. The first-order chi connectivity index (χ1) is 12.7. The van der Waals surface area contributed by atoms with Gasteiger partial charge in [0.15, 0.2) is 5.96 Å². The van der Waals surface area contributed by atoms with E-state index >= 15 is 0 Å². The van der Waals surface area contributed by atoms with E-state index in [0.717, 1.165) is 31.9 Å². The lowest BCUT2D eigenvalue weighted by molar-refractivity contribution is 0.205. The molecule has 0 aliphatic carbocycles. The van der Waals surface area contributed by atoms with E-state index in [9.17, 15) is 4.39 Å². The predicted octanol–water partition coefficient (Wildman–Crippen LogP) is 3.79. The van der Waals surface area contributed by atoms with Crippen LogP contribution in [0.2, 0.25) is 0 Å². The molecule has 0 aliphatic rings. The summed E-state index contributed by atoms with van der Waals surface area (Å²) in [6, 6.07) is 10.2. The molecule has 2 N–H and O–H groups in total. The number of nitrogens with one attached hydrogen (secondary N) is 2. The number of aromatic nitrogens is 1. The van der Waals surface area contributed by atoms with Crippen molar-refractivity contribution in [3.63, 3.8) is 0 Å². The summed E-state index contributed by atoms with van der Waals surface area (Å²) in [5.41, 5.74) is 1.18. The normalized spacial score (nSPS) is 12.0. The molecule has 5 nitrogen and oxygen atoms in total. The van der Waals surface area contributed by atoms with Crippen LogP contribution in [0, 0.1) is 5.82 Å². The van der Waals surface area contributed by atoms with E-state index in [1.165, 1.54) is 17.7 Å². The fourth-order valence-electron chi connectivity index (χ4n) is 2.39. The number of halogens is 2. The number of aliphatic imine (C=N–C) groups is 1. The lowest BCUT2D eigenvalue weighted by atomic mass is 10.2. The SMILES string of the molecule is CCNC(=NCC(CC)Oc1cccc(F)c1)NCCc1cccnc1.I. The molecule has 27 heavy (non-hydrogen) atoms. The van der Waals surface area contributed by atoms with Crippen molar-refractivity contribution in [2.75, 3.05) is 19.6 Å².